The Morgan fingerprint density at radius 1 is 1.04 bits per heavy atom. The molecule has 6 heteroatoms. The fourth-order valence-electron chi connectivity index (χ4n) is 3.08. The molecule has 3 rings (SSSR count). The van der Waals surface area contributed by atoms with Crippen LogP contribution in [0.1, 0.15) is 23.6 Å². The van der Waals surface area contributed by atoms with Crippen LogP contribution < -0.4 is 10.6 Å². The molecular formula is C21H27IN4O. The van der Waals surface area contributed by atoms with E-state index < -0.39 is 0 Å². The second-order valence-electron chi connectivity index (χ2n) is 6.37. The van der Waals surface area contributed by atoms with Crippen molar-refractivity contribution in [3.8, 4) is 0 Å². The molecule has 0 spiro atoms. The Balaban J connectivity index is 0.00000261. The number of rotatable bonds is 5. The van der Waals surface area contributed by atoms with E-state index in [9.17, 15) is 4.79 Å². The van der Waals surface area contributed by atoms with E-state index in [0.717, 1.165) is 25.1 Å². The number of carbonyl (C=O) groups is 1. The first-order valence-electron chi connectivity index (χ1n) is 9.17. The number of amides is 1. The maximum Gasteiger partial charge on any atom is 0.242 e. The van der Waals surface area contributed by atoms with Crippen LogP contribution in [0.3, 0.4) is 0 Å². The zero-order valence-electron chi connectivity index (χ0n) is 15.6. The Hall–Kier alpha value is -2.09. The molecule has 2 aromatic rings. The van der Waals surface area contributed by atoms with Gasteiger partial charge in [0.1, 0.15) is 0 Å². The minimum atomic E-state index is 0. The van der Waals surface area contributed by atoms with Gasteiger partial charge in [0.25, 0.3) is 0 Å². The molecule has 27 heavy (non-hydrogen) atoms. The van der Waals surface area contributed by atoms with Gasteiger partial charge in [-0.2, -0.15) is 0 Å². The summed E-state index contributed by atoms with van der Waals surface area (Å²) in [6.45, 7) is 5.07. The Labute approximate surface area is 178 Å². The number of hydrogen-bond donors (Lipinski definition) is 2. The van der Waals surface area contributed by atoms with Crippen LogP contribution in [0.25, 0.3) is 0 Å². The van der Waals surface area contributed by atoms with Crippen molar-refractivity contribution in [2.24, 2.45) is 4.99 Å². The summed E-state index contributed by atoms with van der Waals surface area (Å²) in [7, 11) is 0. The Morgan fingerprint density at radius 3 is 2.48 bits per heavy atom. The molecule has 0 atom stereocenters. The standard InChI is InChI=1S/C21H26N4O.HI/c1-2-22-21(23-14-17-8-4-3-5-9-17)24-15-20(26)25-13-12-18-10-6-7-11-19(18)16-25;/h3-11H,2,12-16H2,1H3,(H2,22,23,24);1H. The average molecular weight is 478 g/mol. The van der Waals surface area contributed by atoms with Gasteiger partial charge in [-0.3, -0.25) is 4.79 Å². The van der Waals surface area contributed by atoms with E-state index in [1.165, 1.54) is 11.1 Å². The average Bonchev–Trinajstić information content (AvgIpc) is 2.70. The molecule has 0 unspecified atom stereocenters. The molecule has 1 aliphatic heterocycles. The Kier molecular flexibility index (Phi) is 8.57. The third-order valence-corrected chi connectivity index (χ3v) is 4.50. The quantitative estimate of drug-likeness (QED) is 0.395. The van der Waals surface area contributed by atoms with E-state index in [1.807, 2.05) is 48.2 Å². The van der Waals surface area contributed by atoms with Gasteiger partial charge in [-0.15, -0.1) is 24.0 Å². The zero-order valence-corrected chi connectivity index (χ0v) is 18.0. The van der Waals surface area contributed by atoms with Crippen LogP contribution in [0.2, 0.25) is 0 Å². The maximum absolute atomic E-state index is 12.6. The van der Waals surface area contributed by atoms with Crippen molar-refractivity contribution < 1.29 is 4.79 Å². The van der Waals surface area contributed by atoms with E-state index in [4.69, 9.17) is 0 Å². The predicted molar refractivity (Wildman–Crippen MR) is 120 cm³/mol. The van der Waals surface area contributed by atoms with Gasteiger partial charge >= 0.3 is 0 Å². The summed E-state index contributed by atoms with van der Waals surface area (Å²) in [5, 5.41) is 6.35. The summed E-state index contributed by atoms with van der Waals surface area (Å²) in [6.07, 6.45) is 0.921. The molecule has 0 fully saturated rings. The summed E-state index contributed by atoms with van der Waals surface area (Å²) in [4.78, 5) is 19.0. The molecule has 0 aromatic heterocycles. The first kappa shape index (κ1) is 21.2. The van der Waals surface area contributed by atoms with Crippen molar-refractivity contribution in [2.75, 3.05) is 19.6 Å². The van der Waals surface area contributed by atoms with Gasteiger partial charge in [-0.1, -0.05) is 54.6 Å². The smallest absolute Gasteiger partial charge is 0.242 e. The Bertz CT molecular complexity index is 764. The number of guanidine groups is 1. The summed E-state index contributed by atoms with van der Waals surface area (Å²) >= 11 is 0. The van der Waals surface area contributed by atoms with Crippen LogP contribution >= 0.6 is 24.0 Å². The molecule has 0 saturated carbocycles. The lowest BCUT2D eigenvalue weighted by atomic mass is 10.00. The summed E-state index contributed by atoms with van der Waals surface area (Å²) < 4.78 is 0. The van der Waals surface area contributed by atoms with Gasteiger partial charge in [0, 0.05) is 19.6 Å². The van der Waals surface area contributed by atoms with E-state index >= 15 is 0 Å². The minimum Gasteiger partial charge on any atom is -0.357 e. The molecule has 144 valence electrons. The summed E-state index contributed by atoms with van der Waals surface area (Å²) in [5.74, 6) is 0.770. The number of aliphatic imine (C=N–C) groups is 1. The van der Waals surface area contributed by atoms with Crippen LogP contribution in [-0.2, 0) is 24.3 Å². The predicted octanol–water partition coefficient (Wildman–Crippen LogP) is 2.94. The van der Waals surface area contributed by atoms with E-state index in [-0.39, 0.29) is 36.4 Å². The monoisotopic (exact) mass is 478 g/mol. The van der Waals surface area contributed by atoms with Gasteiger partial charge in [0.05, 0.1) is 13.1 Å². The van der Waals surface area contributed by atoms with E-state index in [1.54, 1.807) is 0 Å². The first-order chi connectivity index (χ1) is 12.8. The van der Waals surface area contributed by atoms with Crippen LogP contribution in [0.4, 0.5) is 0 Å². The van der Waals surface area contributed by atoms with Crippen LogP contribution in [0, 0.1) is 0 Å². The number of carbonyl (C=O) groups excluding carboxylic acids is 1. The molecule has 1 amide bonds. The highest BCUT2D eigenvalue weighted by Gasteiger charge is 2.20. The van der Waals surface area contributed by atoms with Crippen molar-refractivity contribution >= 4 is 35.8 Å². The van der Waals surface area contributed by atoms with Crippen LogP contribution in [0.5, 0.6) is 0 Å². The number of nitrogens with zero attached hydrogens (tertiary/aromatic N) is 2. The van der Waals surface area contributed by atoms with Crippen LogP contribution in [-0.4, -0.2) is 36.4 Å². The Morgan fingerprint density at radius 2 is 1.74 bits per heavy atom. The second-order valence-corrected chi connectivity index (χ2v) is 6.37. The fourth-order valence-corrected chi connectivity index (χ4v) is 3.08. The highest BCUT2D eigenvalue weighted by molar-refractivity contribution is 14.0. The molecular weight excluding hydrogens is 451 g/mol. The molecule has 0 saturated heterocycles. The lowest BCUT2D eigenvalue weighted by molar-refractivity contribution is -0.130. The van der Waals surface area contributed by atoms with Crippen molar-refractivity contribution in [1.82, 2.24) is 15.5 Å². The number of nitrogens with one attached hydrogen (secondary N) is 2. The largest absolute Gasteiger partial charge is 0.357 e. The number of hydrogen-bond acceptors (Lipinski definition) is 2. The molecule has 0 aliphatic carbocycles. The zero-order chi connectivity index (χ0) is 18.2. The van der Waals surface area contributed by atoms with Gasteiger partial charge in [-0.25, -0.2) is 4.99 Å². The molecule has 2 N–H and O–H groups in total. The molecule has 2 aromatic carbocycles. The molecule has 0 bridgehead atoms. The third kappa shape index (κ3) is 6.23. The maximum atomic E-state index is 12.6. The first-order valence-corrected chi connectivity index (χ1v) is 9.17. The second kappa shape index (κ2) is 10.9. The minimum absolute atomic E-state index is 0. The lowest BCUT2D eigenvalue weighted by Crippen LogP contribution is -2.45. The van der Waals surface area contributed by atoms with Gasteiger partial charge < -0.3 is 15.5 Å². The third-order valence-electron chi connectivity index (χ3n) is 4.50. The number of fused-ring (bicyclic) bond motifs is 1. The van der Waals surface area contributed by atoms with Crippen molar-refractivity contribution in [2.45, 2.75) is 26.4 Å². The van der Waals surface area contributed by atoms with Crippen molar-refractivity contribution in [3.05, 3.63) is 71.3 Å². The van der Waals surface area contributed by atoms with E-state index in [2.05, 4.69) is 33.8 Å². The van der Waals surface area contributed by atoms with Gasteiger partial charge in [0.15, 0.2) is 5.96 Å². The summed E-state index contributed by atoms with van der Waals surface area (Å²) in [5.41, 5.74) is 3.74. The van der Waals surface area contributed by atoms with E-state index in [0.29, 0.717) is 19.0 Å². The lowest BCUT2D eigenvalue weighted by Gasteiger charge is -2.29. The number of benzene rings is 2. The fraction of sp³-hybridized carbons (Fsp3) is 0.333. The number of halogens is 1. The topological polar surface area (TPSA) is 56.7 Å². The highest BCUT2D eigenvalue weighted by Crippen LogP contribution is 2.18. The normalized spacial score (nSPS) is 13.4. The summed E-state index contributed by atoms with van der Waals surface area (Å²) in [6, 6.07) is 18.4. The van der Waals surface area contributed by atoms with Crippen molar-refractivity contribution in [3.63, 3.8) is 0 Å². The van der Waals surface area contributed by atoms with Crippen molar-refractivity contribution in [1.29, 1.82) is 0 Å². The molecule has 5 nitrogen and oxygen atoms in total. The molecule has 0 radical (unpaired) electrons. The SMILES string of the molecule is CCNC(=NCc1ccccc1)NCC(=O)N1CCc2ccccc2C1.I. The highest BCUT2D eigenvalue weighted by atomic mass is 127. The van der Waals surface area contributed by atoms with Gasteiger partial charge in [-0.05, 0) is 30.0 Å². The van der Waals surface area contributed by atoms with Gasteiger partial charge in [0.2, 0.25) is 5.91 Å². The molecule has 1 aliphatic rings. The molecule has 1 heterocycles. The van der Waals surface area contributed by atoms with Crippen LogP contribution in [0.15, 0.2) is 59.6 Å².